The third-order valence-corrected chi connectivity index (χ3v) is 2.76. The van der Waals surface area contributed by atoms with E-state index in [0.29, 0.717) is 6.42 Å². The minimum absolute atomic E-state index is 0.0451. The van der Waals surface area contributed by atoms with Crippen molar-refractivity contribution in [2.75, 3.05) is 0 Å². The lowest BCUT2D eigenvalue weighted by atomic mass is 9.85. The third kappa shape index (κ3) is 1.69. The van der Waals surface area contributed by atoms with Crippen LogP contribution in [0.2, 0.25) is 0 Å². The highest BCUT2D eigenvalue weighted by Crippen LogP contribution is 2.38. The van der Waals surface area contributed by atoms with Gasteiger partial charge in [0.1, 0.15) is 11.7 Å². The molecule has 0 aliphatic heterocycles. The molecule has 76 valence electrons. The van der Waals surface area contributed by atoms with Gasteiger partial charge in [0.25, 0.3) is 0 Å². The third-order valence-electron chi connectivity index (χ3n) is 2.76. The summed E-state index contributed by atoms with van der Waals surface area (Å²) in [6.45, 7) is 3.73. The van der Waals surface area contributed by atoms with Gasteiger partial charge in [-0.05, 0) is 26.7 Å². The van der Waals surface area contributed by atoms with Crippen LogP contribution >= 0.6 is 0 Å². The standard InChI is InChI=1S/C12H16O2/c1-3-5-10-6-8-12(9-13,7-4-2)11(10)14/h3-5,7,9-10H,6,8H2,1-2H3. The van der Waals surface area contributed by atoms with Gasteiger partial charge in [0.15, 0.2) is 5.78 Å². The second-order valence-electron chi connectivity index (χ2n) is 3.69. The molecule has 0 radical (unpaired) electrons. The molecule has 0 bridgehead atoms. The van der Waals surface area contributed by atoms with Crippen LogP contribution in [0.25, 0.3) is 0 Å². The molecule has 0 aromatic heterocycles. The molecule has 2 unspecified atom stereocenters. The summed E-state index contributed by atoms with van der Waals surface area (Å²) in [6, 6.07) is 0. The van der Waals surface area contributed by atoms with E-state index in [-0.39, 0.29) is 11.7 Å². The Hall–Kier alpha value is -1.18. The van der Waals surface area contributed by atoms with Crippen LogP contribution in [-0.4, -0.2) is 12.1 Å². The molecule has 2 nitrogen and oxygen atoms in total. The number of hydrogen-bond donors (Lipinski definition) is 0. The molecular weight excluding hydrogens is 176 g/mol. The van der Waals surface area contributed by atoms with E-state index in [9.17, 15) is 9.59 Å². The molecule has 0 amide bonds. The zero-order valence-corrected chi connectivity index (χ0v) is 8.69. The average molecular weight is 192 g/mol. The van der Waals surface area contributed by atoms with Crippen LogP contribution in [0.3, 0.4) is 0 Å². The molecular formula is C12H16O2. The maximum atomic E-state index is 11.9. The van der Waals surface area contributed by atoms with E-state index in [1.165, 1.54) is 0 Å². The van der Waals surface area contributed by atoms with Crippen LogP contribution in [-0.2, 0) is 9.59 Å². The van der Waals surface area contributed by atoms with Crippen LogP contribution in [0.15, 0.2) is 24.3 Å². The molecule has 2 heteroatoms. The first-order chi connectivity index (χ1) is 6.70. The van der Waals surface area contributed by atoms with Crippen LogP contribution in [0.1, 0.15) is 26.7 Å². The SMILES string of the molecule is CC=CC1CCC(C=O)(C=CC)C1=O. The molecule has 1 rings (SSSR count). The molecule has 1 aliphatic rings. The van der Waals surface area contributed by atoms with E-state index in [1.54, 1.807) is 12.2 Å². The topological polar surface area (TPSA) is 34.1 Å². The van der Waals surface area contributed by atoms with E-state index < -0.39 is 5.41 Å². The van der Waals surface area contributed by atoms with Crippen molar-refractivity contribution >= 4 is 12.1 Å². The first-order valence-electron chi connectivity index (χ1n) is 4.97. The van der Waals surface area contributed by atoms with Crippen molar-refractivity contribution in [1.82, 2.24) is 0 Å². The zero-order chi connectivity index (χ0) is 10.6. The average Bonchev–Trinajstić information content (AvgIpc) is 2.48. The second-order valence-corrected chi connectivity index (χ2v) is 3.69. The van der Waals surface area contributed by atoms with Gasteiger partial charge in [0.05, 0.1) is 0 Å². The second kappa shape index (κ2) is 4.36. The summed E-state index contributed by atoms with van der Waals surface area (Å²) < 4.78 is 0. The highest BCUT2D eigenvalue weighted by Gasteiger charge is 2.44. The van der Waals surface area contributed by atoms with Gasteiger partial charge in [-0.25, -0.2) is 0 Å². The first-order valence-corrected chi connectivity index (χ1v) is 4.97. The van der Waals surface area contributed by atoms with Gasteiger partial charge in [0, 0.05) is 5.92 Å². The van der Waals surface area contributed by atoms with Crippen LogP contribution in [0, 0.1) is 11.3 Å². The Morgan fingerprint density at radius 3 is 2.57 bits per heavy atom. The fourth-order valence-electron chi connectivity index (χ4n) is 2.03. The number of carbonyl (C=O) groups is 2. The van der Waals surface area contributed by atoms with Crippen LogP contribution < -0.4 is 0 Å². The van der Waals surface area contributed by atoms with E-state index in [1.807, 2.05) is 26.0 Å². The van der Waals surface area contributed by atoms with Gasteiger partial charge < -0.3 is 4.79 Å². The van der Waals surface area contributed by atoms with Crippen molar-refractivity contribution < 1.29 is 9.59 Å². The van der Waals surface area contributed by atoms with E-state index in [2.05, 4.69) is 0 Å². The molecule has 2 atom stereocenters. The summed E-state index contributed by atoms with van der Waals surface area (Å²) in [5.74, 6) is -0.0231. The molecule has 0 spiro atoms. The summed E-state index contributed by atoms with van der Waals surface area (Å²) in [7, 11) is 0. The quantitative estimate of drug-likeness (QED) is 0.390. The lowest BCUT2D eigenvalue weighted by Gasteiger charge is -2.14. The zero-order valence-electron chi connectivity index (χ0n) is 8.69. The highest BCUT2D eigenvalue weighted by molar-refractivity contribution is 6.04. The minimum atomic E-state index is -0.834. The van der Waals surface area contributed by atoms with Gasteiger partial charge in [-0.15, -0.1) is 0 Å². The summed E-state index contributed by atoms with van der Waals surface area (Å²) in [4.78, 5) is 22.9. The number of Topliss-reactive ketones (excluding diaryl/α,β-unsaturated/α-hetero) is 1. The van der Waals surface area contributed by atoms with Crippen molar-refractivity contribution in [3.8, 4) is 0 Å². The number of hydrogen-bond acceptors (Lipinski definition) is 2. The van der Waals surface area contributed by atoms with E-state index >= 15 is 0 Å². The van der Waals surface area contributed by atoms with Gasteiger partial charge in [-0.1, -0.05) is 24.3 Å². The molecule has 1 saturated carbocycles. The number of ketones is 1. The summed E-state index contributed by atoms with van der Waals surface area (Å²) >= 11 is 0. The molecule has 1 fully saturated rings. The van der Waals surface area contributed by atoms with Crippen molar-refractivity contribution in [3.05, 3.63) is 24.3 Å². The predicted octanol–water partition coefficient (Wildman–Crippen LogP) is 2.30. The van der Waals surface area contributed by atoms with Gasteiger partial charge >= 0.3 is 0 Å². The molecule has 14 heavy (non-hydrogen) atoms. The lowest BCUT2D eigenvalue weighted by Crippen LogP contribution is -2.27. The Kier molecular flexibility index (Phi) is 3.39. The van der Waals surface area contributed by atoms with E-state index in [4.69, 9.17) is 0 Å². The summed E-state index contributed by atoms with van der Waals surface area (Å²) in [5.41, 5.74) is -0.834. The van der Waals surface area contributed by atoms with Crippen molar-refractivity contribution in [3.63, 3.8) is 0 Å². The normalized spacial score (nSPS) is 33.3. The fraction of sp³-hybridized carbons (Fsp3) is 0.500. The van der Waals surface area contributed by atoms with Crippen molar-refractivity contribution in [2.45, 2.75) is 26.7 Å². The fourth-order valence-corrected chi connectivity index (χ4v) is 2.03. The minimum Gasteiger partial charge on any atom is -0.302 e. The largest absolute Gasteiger partial charge is 0.302 e. The maximum absolute atomic E-state index is 11.9. The first kappa shape index (κ1) is 10.9. The molecule has 0 aromatic rings. The lowest BCUT2D eigenvalue weighted by molar-refractivity contribution is -0.130. The Morgan fingerprint density at radius 1 is 1.36 bits per heavy atom. The van der Waals surface area contributed by atoms with Gasteiger partial charge in [-0.2, -0.15) is 0 Å². The Morgan fingerprint density at radius 2 is 2.07 bits per heavy atom. The van der Waals surface area contributed by atoms with Gasteiger partial charge in [0.2, 0.25) is 0 Å². The highest BCUT2D eigenvalue weighted by atomic mass is 16.1. The number of aldehydes is 1. The Balaban J connectivity index is 2.94. The maximum Gasteiger partial charge on any atom is 0.156 e. The van der Waals surface area contributed by atoms with Crippen molar-refractivity contribution in [1.29, 1.82) is 0 Å². The smallest absolute Gasteiger partial charge is 0.156 e. The summed E-state index contributed by atoms with van der Waals surface area (Å²) in [5, 5.41) is 0. The molecule has 0 saturated heterocycles. The van der Waals surface area contributed by atoms with Crippen LogP contribution in [0.5, 0.6) is 0 Å². The molecule has 0 N–H and O–H groups in total. The number of rotatable bonds is 3. The predicted molar refractivity (Wildman–Crippen MR) is 55.9 cm³/mol. The van der Waals surface area contributed by atoms with Gasteiger partial charge in [-0.3, -0.25) is 4.79 Å². The number of allylic oxidation sites excluding steroid dienone is 4. The van der Waals surface area contributed by atoms with Crippen molar-refractivity contribution in [2.24, 2.45) is 11.3 Å². The number of carbonyl (C=O) groups excluding carboxylic acids is 2. The molecule has 1 aliphatic carbocycles. The van der Waals surface area contributed by atoms with Crippen LogP contribution in [0.4, 0.5) is 0 Å². The summed E-state index contributed by atoms with van der Waals surface area (Å²) in [6.07, 6.45) is 9.49. The Bertz CT molecular complexity index is 289. The molecule has 0 heterocycles. The Labute approximate surface area is 84.7 Å². The monoisotopic (exact) mass is 192 g/mol. The molecule has 0 aromatic carbocycles. The van der Waals surface area contributed by atoms with E-state index in [0.717, 1.165) is 12.7 Å².